The van der Waals surface area contributed by atoms with Gasteiger partial charge >= 0.3 is 0 Å². The number of hydrogen-bond acceptors (Lipinski definition) is 4. The first kappa shape index (κ1) is 15.4. The summed E-state index contributed by atoms with van der Waals surface area (Å²) >= 11 is 0. The van der Waals surface area contributed by atoms with Crippen LogP contribution in [0.4, 0.5) is 0 Å². The van der Waals surface area contributed by atoms with Crippen molar-refractivity contribution in [3.05, 3.63) is 0 Å². The van der Waals surface area contributed by atoms with E-state index in [1.165, 1.54) is 0 Å². The quantitative estimate of drug-likeness (QED) is 0.725. The number of carbonyl (C=O) groups is 1. The van der Waals surface area contributed by atoms with Crippen LogP contribution >= 0.6 is 0 Å². The number of piperazine rings is 1. The molecule has 1 heterocycles. The second-order valence-corrected chi connectivity index (χ2v) is 5.81. The van der Waals surface area contributed by atoms with Gasteiger partial charge in [0.05, 0.1) is 5.54 Å². The first-order valence-corrected chi connectivity index (χ1v) is 6.84. The van der Waals surface area contributed by atoms with Gasteiger partial charge in [-0.15, -0.1) is 0 Å². The Hall–Kier alpha value is -0.650. The van der Waals surface area contributed by atoms with Crippen molar-refractivity contribution in [1.82, 2.24) is 9.80 Å². The fourth-order valence-electron chi connectivity index (χ4n) is 2.74. The van der Waals surface area contributed by atoms with E-state index in [1.807, 2.05) is 0 Å². The van der Waals surface area contributed by atoms with E-state index >= 15 is 0 Å². The zero-order valence-corrected chi connectivity index (χ0v) is 12.1. The number of primary amides is 1. The van der Waals surface area contributed by atoms with Gasteiger partial charge in [-0.25, -0.2) is 0 Å². The van der Waals surface area contributed by atoms with Gasteiger partial charge < -0.3 is 11.5 Å². The molecule has 0 radical (unpaired) electrons. The molecule has 1 amide bonds. The van der Waals surface area contributed by atoms with Crippen LogP contribution in [-0.4, -0.2) is 59.5 Å². The lowest BCUT2D eigenvalue weighted by molar-refractivity contribution is -0.123. The molecule has 1 aliphatic heterocycles. The molecule has 1 saturated heterocycles. The van der Waals surface area contributed by atoms with Crippen LogP contribution < -0.4 is 11.5 Å². The van der Waals surface area contributed by atoms with E-state index < -0.39 is 11.4 Å². The molecule has 0 aromatic carbocycles. The van der Waals surface area contributed by atoms with Gasteiger partial charge in [0.2, 0.25) is 5.91 Å². The Balaban J connectivity index is 2.54. The van der Waals surface area contributed by atoms with Crippen molar-refractivity contribution in [3.63, 3.8) is 0 Å². The van der Waals surface area contributed by atoms with E-state index in [2.05, 4.69) is 30.6 Å². The van der Waals surface area contributed by atoms with Gasteiger partial charge in [0.15, 0.2) is 0 Å². The third-order valence-corrected chi connectivity index (χ3v) is 4.11. The standard InChI is InChI=1S/C13H28N4O/c1-5-16-6-7-17(9-11(16)3)10(2)8-13(4,15)12(14)18/h10-11H,5-9,15H2,1-4H3,(H2,14,18). The van der Waals surface area contributed by atoms with Crippen molar-refractivity contribution in [2.75, 3.05) is 26.2 Å². The van der Waals surface area contributed by atoms with E-state index in [-0.39, 0.29) is 6.04 Å². The van der Waals surface area contributed by atoms with Crippen molar-refractivity contribution < 1.29 is 4.79 Å². The van der Waals surface area contributed by atoms with Crippen LogP contribution in [0.3, 0.4) is 0 Å². The summed E-state index contributed by atoms with van der Waals surface area (Å²) in [6.07, 6.45) is 0.612. The monoisotopic (exact) mass is 256 g/mol. The minimum absolute atomic E-state index is 0.286. The zero-order chi connectivity index (χ0) is 13.9. The van der Waals surface area contributed by atoms with Gasteiger partial charge in [0.1, 0.15) is 0 Å². The molecule has 1 fully saturated rings. The summed E-state index contributed by atoms with van der Waals surface area (Å²) < 4.78 is 0. The third kappa shape index (κ3) is 3.67. The molecular formula is C13H28N4O. The zero-order valence-electron chi connectivity index (χ0n) is 12.1. The Morgan fingerprint density at radius 2 is 2.11 bits per heavy atom. The molecule has 3 atom stereocenters. The van der Waals surface area contributed by atoms with Crippen LogP contribution in [-0.2, 0) is 4.79 Å². The number of hydrogen-bond donors (Lipinski definition) is 2. The molecule has 4 N–H and O–H groups in total. The topological polar surface area (TPSA) is 75.6 Å². The molecule has 0 saturated carbocycles. The lowest BCUT2D eigenvalue weighted by atomic mass is 9.93. The second kappa shape index (κ2) is 5.99. The average Bonchev–Trinajstić information content (AvgIpc) is 2.28. The molecular weight excluding hydrogens is 228 g/mol. The van der Waals surface area contributed by atoms with Gasteiger partial charge in [-0.2, -0.15) is 0 Å². The molecule has 0 spiro atoms. The lowest BCUT2D eigenvalue weighted by Crippen LogP contribution is -2.58. The van der Waals surface area contributed by atoms with Crippen LogP contribution in [0.15, 0.2) is 0 Å². The molecule has 5 heteroatoms. The summed E-state index contributed by atoms with van der Waals surface area (Å²) in [7, 11) is 0. The summed E-state index contributed by atoms with van der Waals surface area (Å²) in [6, 6.07) is 0.845. The molecule has 1 rings (SSSR count). The van der Waals surface area contributed by atoms with Gasteiger partial charge in [0.25, 0.3) is 0 Å². The minimum Gasteiger partial charge on any atom is -0.368 e. The molecule has 5 nitrogen and oxygen atoms in total. The second-order valence-electron chi connectivity index (χ2n) is 5.81. The Morgan fingerprint density at radius 1 is 1.50 bits per heavy atom. The van der Waals surface area contributed by atoms with E-state index in [0.717, 1.165) is 26.2 Å². The van der Waals surface area contributed by atoms with E-state index in [4.69, 9.17) is 11.5 Å². The summed E-state index contributed by atoms with van der Waals surface area (Å²) in [5.41, 5.74) is 10.4. The van der Waals surface area contributed by atoms with Crippen molar-refractivity contribution in [2.24, 2.45) is 11.5 Å². The summed E-state index contributed by atoms with van der Waals surface area (Å²) in [4.78, 5) is 16.2. The Labute approximate surface area is 110 Å². The highest BCUT2D eigenvalue weighted by Gasteiger charge is 2.32. The molecule has 1 aliphatic rings. The van der Waals surface area contributed by atoms with E-state index in [9.17, 15) is 4.79 Å². The lowest BCUT2D eigenvalue weighted by Gasteiger charge is -2.43. The van der Waals surface area contributed by atoms with Crippen molar-refractivity contribution >= 4 is 5.91 Å². The molecule has 3 unspecified atom stereocenters. The Kier molecular flexibility index (Phi) is 5.13. The van der Waals surface area contributed by atoms with E-state index in [1.54, 1.807) is 6.92 Å². The van der Waals surface area contributed by atoms with Gasteiger partial charge in [-0.05, 0) is 33.7 Å². The highest BCUT2D eigenvalue weighted by molar-refractivity contribution is 5.83. The predicted molar refractivity (Wildman–Crippen MR) is 74.1 cm³/mol. The smallest absolute Gasteiger partial charge is 0.237 e. The Morgan fingerprint density at radius 3 is 2.56 bits per heavy atom. The maximum atomic E-state index is 11.3. The molecule has 18 heavy (non-hydrogen) atoms. The number of rotatable bonds is 5. The molecule has 0 aromatic rings. The third-order valence-electron chi connectivity index (χ3n) is 4.11. The summed E-state index contributed by atoms with van der Waals surface area (Å²) in [6.45, 7) is 12.5. The summed E-state index contributed by atoms with van der Waals surface area (Å²) in [5.74, 6) is -0.422. The Bertz CT molecular complexity index is 293. The maximum absolute atomic E-state index is 11.3. The molecule has 106 valence electrons. The fraction of sp³-hybridized carbons (Fsp3) is 0.923. The molecule has 0 aromatic heterocycles. The average molecular weight is 256 g/mol. The van der Waals surface area contributed by atoms with Crippen molar-refractivity contribution in [1.29, 1.82) is 0 Å². The van der Waals surface area contributed by atoms with Gasteiger partial charge in [-0.3, -0.25) is 14.6 Å². The number of nitrogens with zero attached hydrogens (tertiary/aromatic N) is 2. The van der Waals surface area contributed by atoms with Gasteiger partial charge in [0, 0.05) is 31.7 Å². The first-order valence-electron chi connectivity index (χ1n) is 6.84. The van der Waals surface area contributed by atoms with Gasteiger partial charge in [-0.1, -0.05) is 6.92 Å². The molecule has 0 bridgehead atoms. The van der Waals surface area contributed by atoms with Crippen LogP contribution in [0.5, 0.6) is 0 Å². The van der Waals surface area contributed by atoms with Crippen molar-refractivity contribution in [3.8, 4) is 0 Å². The SMILES string of the molecule is CCN1CCN(C(C)CC(C)(N)C(N)=O)CC1C. The number of amides is 1. The predicted octanol–water partition coefficient (Wildman–Crippen LogP) is -0.00630. The maximum Gasteiger partial charge on any atom is 0.237 e. The first-order chi connectivity index (χ1) is 8.27. The summed E-state index contributed by atoms with van der Waals surface area (Å²) in [5, 5.41) is 0. The van der Waals surface area contributed by atoms with E-state index in [0.29, 0.717) is 12.5 Å². The number of likely N-dealkylation sites (N-methyl/N-ethyl adjacent to an activating group) is 1. The minimum atomic E-state index is -0.912. The van der Waals surface area contributed by atoms with Crippen LogP contribution in [0.1, 0.15) is 34.1 Å². The largest absolute Gasteiger partial charge is 0.368 e. The number of carbonyl (C=O) groups excluding carboxylic acids is 1. The normalized spacial score (nSPS) is 27.7. The van der Waals surface area contributed by atoms with Crippen LogP contribution in [0.2, 0.25) is 0 Å². The van der Waals surface area contributed by atoms with Crippen LogP contribution in [0, 0.1) is 0 Å². The molecule has 0 aliphatic carbocycles. The highest BCUT2D eigenvalue weighted by Crippen LogP contribution is 2.18. The van der Waals surface area contributed by atoms with Crippen molar-refractivity contribution in [2.45, 2.75) is 51.7 Å². The fourth-order valence-corrected chi connectivity index (χ4v) is 2.74. The highest BCUT2D eigenvalue weighted by atomic mass is 16.1. The number of nitrogens with two attached hydrogens (primary N) is 2. The van der Waals surface area contributed by atoms with Crippen LogP contribution in [0.25, 0.3) is 0 Å².